The van der Waals surface area contributed by atoms with Gasteiger partial charge in [0.15, 0.2) is 11.6 Å². The summed E-state index contributed by atoms with van der Waals surface area (Å²) in [5.74, 6) is -16.9. The van der Waals surface area contributed by atoms with Crippen molar-refractivity contribution >= 4 is 35.3 Å². The lowest BCUT2D eigenvalue weighted by Gasteiger charge is -2.28. The standard InChI is InChI=1S/C22H16F8N8O5S/c1-43-19(40)36-5-4-12(9-36)37-18(33-34-35-37)44-15-3-2-11(38(41)42)7-13(15)17(39)32-16-14(23)6-10(8-31-16)20(24,25)21(26,27)22(28,29)30/h2-3,6-8,12H,4-5,9H2,1H3,(H,31,32,39). The van der Waals surface area contributed by atoms with E-state index in [0.717, 1.165) is 30.0 Å². The van der Waals surface area contributed by atoms with Crippen LogP contribution in [0.15, 0.2) is 40.5 Å². The number of halogens is 8. The number of carbonyl (C=O) groups excluding carboxylic acids is 2. The molecule has 0 radical (unpaired) electrons. The van der Waals surface area contributed by atoms with Crippen molar-refractivity contribution in [2.24, 2.45) is 0 Å². The van der Waals surface area contributed by atoms with Gasteiger partial charge in [-0.2, -0.15) is 30.7 Å². The first-order valence-electron chi connectivity index (χ1n) is 11.8. The molecule has 0 saturated carbocycles. The van der Waals surface area contributed by atoms with E-state index in [4.69, 9.17) is 0 Å². The monoisotopic (exact) mass is 656 g/mol. The Labute approximate surface area is 243 Å². The molecule has 1 unspecified atom stereocenters. The molecule has 3 heterocycles. The first kappa shape index (κ1) is 32.3. The Balaban J connectivity index is 1.61. The van der Waals surface area contributed by atoms with Crippen molar-refractivity contribution in [3.63, 3.8) is 0 Å². The lowest BCUT2D eigenvalue weighted by Crippen LogP contribution is -2.50. The number of ether oxygens (including phenoxy) is 1. The van der Waals surface area contributed by atoms with E-state index in [1.807, 2.05) is 5.32 Å². The van der Waals surface area contributed by atoms with Gasteiger partial charge in [0.1, 0.15) is 0 Å². The molecule has 3 aromatic rings. The van der Waals surface area contributed by atoms with E-state index in [1.165, 1.54) is 16.7 Å². The predicted octanol–water partition coefficient (Wildman–Crippen LogP) is 4.82. The zero-order valence-electron chi connectivity index (χ0n) is 21.7. The number of benzene rings is 1. The molecule has 2 aromatic heterocycles. The quantitative estimate of drug-likeness (QED) is 0.202. The van der Waals surface area contributed by atoms with Crippen LogP contribution in [0.1, 0.15) is 28.4 Å². The van der Waals surface area contributed by atoms with Crippen LogP contribution in [0.3, 0.4) is 0 Å². The number of likely N-dealkylation sites (tertiary alicyclic amines) is 1. The fourth-order valence-corrected chi connectivity index (χ4v) is 4.90. The summed E-state index contributed by atoms with van der Waals surface area (Å²) >= 11 is 0.730. The molecule has 0 spiro atoms. The van der Waals surface area contributed by atoms with Crippen molar-refractivity contribution in [3.8, 4) is 0 Å². The number of nitro benzene ring substituents is 1. The van der Waals surface area contributed by atoms with Crippen molar-refractivity contribution in [1.29, 1.82) is 0 Å². The van der Waals surface area contributed by atoms with E-state index in [-0.39, 0.29) is 28.9 Å². The molecule has 22 heteroatoms. The number of methoxy groups -OCH3 is 1. The Hall–Kier alpha value is -4.63. The average Bonchev–Trinajstić information content (AvgIpc) is 3.62. The summed E-state index contributed by atoms with van der Waals surface area (Å²) in [7, 11) is 1.20. The molecule has 1 aliphatic rings. The molecule has 1 N–H and O–H groups in total. The van der Waals surface area contributed by atoms with Gasteiger partial charge in [0.25, 0.3) is 11.6 Å². The number of pyridine rings is 1. The van der Waals surface area contributed by atoms with Crippen LogP contribution in [0.5, 0.6) is 0 Å². The molecule has 2 amide bonds. The summed E-state index contributed by atoms with van der Waals surface area (Å²) in [6, 6.07) is 2.11. The molecule has 4 rings (SSSR count). The lowest BCUT2D eigenvalue weighted by atomic mass is 10.0. The first-order valence-corrected chi connectivity index (χ1v) is 12.7. The number of nitrogens with zero attached hydrogens (tertiary/aromatic N) is 7. The normalized spacial score (nSPS) is 15.8. The number of nitro groups is 1. The second kappa shape index (κ2) is 11.8. The van der Waals surface area contributed by atoms with Crippen LogP contribution in [-0.2, 0) is 10.7 Å². The summed E-state index contributed by atoms with van der Waals surface area (Å²) in [4.78, 5) is 39.8. The van der Waals surface area contributed by atoms with E-state index < -0.39 is 69.4 Å². The third-order valence-electron chi connectivity index (χ3n) is 6.21. The number of amides is 2. The van der Waals surface area contributed by atoms with Gasteiger partial charge >= 0.3 is 24.1 Å². The topological polar surface area (TPSA) is 158 Å². The molecule has 1 aliphatic heterocycles. The number of carbonyl (C=O) groups is 2. The summed E-state index contributed by atoms with van der Waals surface area (Å²) in [5, 5.41) is 24.5. The van der Waals surface area contributed by atoms with Crippen LogP contribution in [0.2, 0.25) is 0 Å². The SMILES string of the molecule is COC(=O)N1CCC(n2nnnc2Sc2ccc([N+](=O)[O-])cc2C(=O)Nc2ncc(C(F)(F)C(F)(F)C(F)(F)F)cc2F)C1. The number of hydrogen-bond acceptors (Lipinski definition) is 10. The van der Waals surface area contributed by atoms with Gasteiger partial charge in [-0.1, -0.05) is 0 Å². The maximum absolute atomic E-state index is 14.6. The third kappa shape index (κ3) is 6.05. The molecule has 0 bridgehead atoms. The number of aromatic nitrogens is 5. The second-order valence-electron chi connectivity index (χ2n) is 8.96. The largest absolute Gasteiger partial charge is 0.460 e. The molecule has 44 heavy (non-hydrogen) atoms. The summed E-state index contributed by atoms with van der Waals surface area (Å²) < 4.78 is 113. The van der Waals surface area contributed by atoms with Crippen molar-refractivity contribution in [3.05, 3.63) is 57.5 Å². The van der Waals surface area contributed by atoms with Crippen molar-refractivity contribution < 1.29 is 54.4 Å². The number of alkyl halides is 7. The van der Waals surface area contributed by atoms with Gasteiger partial charge in [-0.05, 0) is 40.7 Å². The van der Waals surface area contributed by atoms with Gasteiger partial charge < -0.3 is 15.0 Å². The highest BCUT2D eigenvalue weighted by Gasteiger charge is 2.73. The smallest absolute Gasteiger partial charge is 0.453 e. The molecule has 1 saturated heterocycles. The van der Waals surface area contributed by atoms with Gasteiger partial charge in [-0.25, -0.2) is 18.9 Å². The van der Waals surface area contributed by atoms with Crippen molar-refractivity contribution in [2.75, 3.05) is 25.5 Å². The Morgan fingerprint density at radius 1 is 1.16 bits per heavy atom. The number of anilines is 1. The molecule has 236 valence electrons. The molecule has 1 aromatic carbocycles. The van der Waals surface area contributed by atoms with Crippen LogP contribution >= 0.6 is 11.8 Å². The van der Waals surface area contributed by atoms with E-state index in [0.29, 0.717) is 13.0 Å². The molecular formula is C22H16F8N8O5S. The highest BCUT2D eigenvalue weighted by Crippen LogP contribution is 2.51. The van der Waals surface area contributed by atoms with Crippen molar-refractivity contribution in [2.45, 2.75) is 40.5 Å². The summed E-state index contributed by atoms with van der Waals surface area (Å²) in [6.45, 7) is 0.470. The Morgan fingerprint density at radius 3 is 2.48 bits per heavy atom. The number of rotatable bonds is 8. The maximum Gasteiger partial charge on any atom is 0.460 e. The van der Waals surface area contributed by atoms with Gasteiger partial charge in [0, 0.05) is 41.9 Å². The van der Waals surface area contributed by atoms with E-state index in [9.17, 15) is 54.8 Å². The van der Waals surface area contributed by atoms with Crippen molar-refractivity contribution in [1.82, 2.24) is 30.1 Å². The van der Waals surface area contributed by atoms with Crippen LogP contribution in [-0.4, -0.2) is 79.3 Å². The molecule has 13 nitrogen and oxygen atoms in total. The van der Waals surface area contributed by atoms with Crippen LogP contribution < -0.4 is 5.32 Å². The highest BCUT2D eigenvalue weighted by molar-refractivity contribution is 7.99. The predicted molar refractivity (Wildman–Crippen MR) is 130 cm³/mol. The van der Waals surface area contributed by atoms with Gasteiger partial charge in [0.2, 0.25) is 5.16 Å². The van der Waals surface area contributed by atoms with Gasteiger partial charge in [-0.3, -0.25) is 14.9 Å². The maximum atomic E-state index is 14.6. The van der Waals surface area contributed by atoms with Crippen LogP contribution in [0.25, 0.3) is 0 Å². The third-order valence-corrected chi connectivity index (χ3v) is 7.24. The Kier molecular flexibility index (Phi) is 8.66. The average molecular weight is 656 g/mol. The molecule has 1 fully saturated rings. The molecule has 0 aliphatic carbocycles. The Morgan fingerprint density at radius 2 is 1.86 bits per heavy atom. The minimum Gasteiger partial charge on any atom is -0.453 e. The number of tetrazole rings is 1. The zero-order chi connectivity index (χ0) is 32.6. The minimum absolute atomic E-state index is 0.0413. The van der Waals surface area contributed by atoms with E-state index in [1.54, 1.807) is 0 Å². The second-order valence-corrected chi connectivity index (χ2v) is 9.97. The fourth-order valence-electron chi connectivity index (χ4n) is 3.95. The summed E-state index contributed by atoms with van der Waals surface area (Å²) in [6.07, 6.45) is -7.05. The van der Waals surface area contributed by atoms with E-state index in [2.05, 4.69) is 25.2 Å². The number of non-ortho nitro benzene ring substituents is 1. The van der Waals surface area contributed by atoms with Gasteiger partial charge in [0.05, 0.1) is 23.6 Å². The first-order chi connectivity index (χ1) is 20.5. The summed E-state index contributed by atoms with van der Waals surface area (Å²) in [5.41, 5.74) is -3.24. The number of nitrogens with one attached hydrogen (secondary N) is 1. The number of hydrogen-bond donors (Lipinski definition) is 1. The van der Waals surface area contributed by atoms with Crippen LogP contribution in [0, 0.1) is 15.9 Å². The van der Waals surface area contributed by atoms with E-state index >= 15 is 0 Å². The van der Waals surface area contributed by atoms with Gasteiger partial charge in [-0.15, -0.1) is 5.10 Å². The fraction of sp³-hybridized carbons (Fsp3) is 0.364. The lowest BCUT2D eigenvalue weighted by molar-refractivity contribution is -0.384. The Bertz CT molecular complexity index is 1600. The van der Waals surface area contributed by atoms with Crippen LogP contribution in [0.4, 0.5) is 51.4 Å². The molecular weight excluding hydrogens is 640 g/mol. The zero-order valence-corrected chi connectivity index (χ0v) is 22.5. The highest BCUT2D eigenvalue weighted by atomic mass is 32.2. The molecule has 1 atom stereocenters. The minimum atomic E-state index is -6.69.